The molecule has 5 nitrogen and oxygen atoms in total. The summed E-state index contributed by atoms with van der Waals surface area (Å²) in [5.74, 6) is -2.33. The fourth-order valence-corrected chi connectivity index (χ4v) is 0.653. The molecule has 0 heterocycles. The largest absolute Gasteiger partial charge is 0.480 e. The average molecular weight is 173 g/mol. The smallest absolute Gasteiger partial charge is 0.331 e. The Kier molecular flexibility index (Phi) is 3.99. The molecule has 0 bridgehead atoms. The highest BCUT2D eigenvalue weighted by molar-refractivity contribution is 5.88. The summed E-state index contributed by atoms with van der Waals surface area (Å²) < 4.78 is 0. The normalized spacial score (nSPS) is 14.0. The Morgan fingerprint density at radius 1 is 1.50 bits per heavy atom. The van der Waals surface area contributed by atoms with E-state index in [1.165, 1.54) is 13.0 Å². The van der Waals surface area contributed by atoms with Crippen LogP contribution in [0.1, 0.15) is 13.3 Å². The highest BCUT2D eigenvalue weighted by Gasteiger charge is 2.16. The molecule has 0 aromatic rings. The van der Waals surface area contributed by atoms with Gasteiger partial charge in [-0.05, 0) is 6.92 Å². The van der Waals surface area contributed by atoms with Gasteiger partial charge in [-0.1, -0.05) is 6.08 Å². The number of carbonyl (C=O) groups is 2. The van der Waals surface area contributed by atoms with E-state index in [2.05, 4.69) is 0 Å². The standard InChI is InChI=1S/C7H11NO4/c1-2-4(6(9)10)3-5(8)7(11)12/h2,5H,3,8H2,1H3,(H,9,10)(H,11,12)/b4-2+. The van der Waals surface area contributed by atoms with E-state index in [-0.39, 0.29) is 12.0 Å². The third kappa shape index (κ3) is 3.16. The van der Waals surface area contributed by atoms with Crippen LogP contribution in [0.5, 0.6) is 0 Å². The lowest BCUT2D eigenvalue weighted by Gasteiger charge is -2.05. The number of hydrogen-bond acceptors (Lipinski definition) is 3. The molecule has 0 aromatic heterocycles. The molecule has 0 spiro atoms. The van der Waals surface area contributed by atoms with Gasteiger partial charge in [0.25, 0.3) is 0 Å². The van der Waals surface area contributed by atoms with Gasteiger partial charge in [0, 0.05) is 12.0 Å². The first-order valence-corrected chi connectivity index (χ1v) is 3.36. The van der Waals surface area contributed by atoms with E-state index in [9.17, 15) is 9.59 Å². The maximum Gasteiger partial charge on any atom is 0.331 e. The molecule has 0 saturated carbocycles. The first kappa shape index (κ1) is 10.6. The van der Waals surface area contributed by atoms with Crippen molar-refractivity contribution < 1.29 is 19.8 Å². The van der Waals surface area contributed by atoms with Gasteiger partial charge in [0.05, 0.1) is 0 Å². The Balaban J connectivity index is 4.23. The quantitative estimate of drug-likeness (QED) is 0.512. The van der Waals surface area contributed by atoms with Crippen molar-refractivity contribution in [2.45, 2.75) is 19.4 Å². The predicted molar refractivity (Wildman–Crippen MR) is 41.6 cm³/mol. The number of rotatable bonds is 4. The van der Waals surface area contributed by atoms with Crippen molar-refractivity contribution in [3.05, 3.63) is 11.6 Å². The van der Waals surface area contributed by atoms with Crippen molar-refractivity contribution in [3.63, 3.8) is 0 Å². The van der Waals surface area contributed by atoms with Gasteiger partial charge in [-0.3, -0.25) is 4.79 Å². The summed E-state index contributed by atoms with van der Waals surface area (Å²) in [6.45, 7) is 1.53. The minimum Gasteiger partial charge on any atom is -0.480 e. The molecule has 0 aliphatic rings. The molecular formula is C7H11NO4. The topological polar surface area (TPSA) is 101 Å². The average Bonchev–Trinajstić information content (AvgIpc) is 1.98. The minimum absolute atomic E-state index is 0.0184. The number of aliphatic carboxylic acids is 2. The Morgan fingerprint density at radius 2 is 2.00 bits per heavy atom. The third-order valence-corrected chi connectivity index (χ3v) is 1.38. The molecule has 0 aliphatic carbocycles. The van der Waals surface area contributed by atoms with Crippen LogP contribution in [0.4, 0.5) is 0 Å². The summed E-state index contributed by atoms with van der Waals surface area (Å²) in [5.41, 5.74) is 5.15. The fourth-order valence-electron chi connectivity index (χ4n) is 0.653. The van der Waals surface area contributed by atoms with Crippen LogP contribution in [-0.4, -0.2) is 28.2 Å². The zero-order chi connectivity index (χ0) is 9.72. The molecule has 0 aliphatic heterocycles. The number of allylic oxidation sites excluding steroid dienone is 1. The van der Waals surface area contributed by atoms with Gasteiger partial charge in [-0.15, -0.1) is 0 Å². The highest BCUT2D eigenvalue weighted by atomic mass is 16.4. The number of carboxylic acid groups (broad SMARTS) is 2. The Bertz CT molecular complexity index is 221. The maximum absolute atomic E-state index is 10.4. The monoisotopic (exact) mass is 173 g/mol. The van der Waals surface area contributed by atoms with Gasteiger partial charge in [-0.2, -0.15) is 0 Å². The van der Waals surface area contributed by atoms with E-state index in [0.29, 0.717) is 0 Å². The van der Waals surface area contributed by atoms with Crippen LogP contribution in [0, 0.1) is 0 Å². The molecular weight excluding hydrogens is 162 g/mol. The van der Waals surface area contributed by atoms with Crippen LogP contribution in [0.3, 0.4) is 0 Å². The molecule has 0 amide bonds. The molecule has 68 valence electrons. The maximum atomic E-state index is 10.4. The van der Waals surface area contributed by atoms with E-state index in [1.807, 2.05) is 0 Å². The molecule has 0 aromatic carbocycles. The highest BCUT2D eigenvalue weighted by Crippen LogP contribution is 2.04. The van der Waals surface area contributed by atoms with Crippen molar-refractivity contribution in [2.75, 3.05) is 0 Å². The van der Waals surface area contributed by atoms with Crippen LogP contribution in [0.25, 0.3) is 0 Å². The van der Waals surface area contributed by atoms with Gasteiger partial charge < -0.3 is 15.9 Å². The first-order valence-electron chi connectivity index (χ1n) is 3.36. The second-order valence-corrected chi connectivity index (χ2v) is 2.27. The lowest BCUT2D eigenvalue weighted by molar-refractivity contribution is -0.138. The van der Waals surface area contributed by atoms with Gasteiger partial charge >= 0.3 is 11.9 Å². The van der Waals surface area contributed by atoms with Crippen molar-refractivity contribution >= 4 is 11.9 Å². The fraction of sp³-hybridized carbons (Fsp3) is 0.429. The van der Waals surface area contributed by atoms with E-state index >= 15 is 0 Å². The molecule has 0 rings (SSSR count). The third-order valence-electron chi connectivity index (χ3n) is 1.38. The van der Waals surface area contributed by atoms with Crippen molar-refractivity contribution in [1.29, 1.82) is 0 Å². The predicted octanol–water partition coefficient (Wildman–Crippen LogP) is -0.181. The van der Waals surface area contributed by atoms with E-state index in [1.54, 1.807) is 0 Å². The Labute approximate surface area is 69.5 Å². The van der Waals surface area contributed by atoms with Crippen molar-refractivity contribution in [1.82, 2.24) is 0 Å². The number of carboxylic acids is 2. The molecule has 0 fully saturated rings. The van der Waals surface area contributed by atoms with E-state index < -0.39 is 18.0 Å². The summed E-state index contributed by atoms with van der Waals surface area (Å²) in [7, 11) is 0. The number of hydrogen-bond donors (Lipinski definition) is 3. The van der Waals surface area contributed by atoms with Gasteiger partial charge in [0.1, 0.15) is 6.04 Å². The van der Waals surface area contributed by atoms with Crippen molar-refractivity contribution in [2.24, 2.45) is 5.73 Å². The summed E-state index contributed by atoms with van der Waals surface area (Å²) in [6.07, 6.45) is 1.19. The van der Waals surface area contributed by atoms with E-state index in [0.717, 1.165) is 0 Å². The minimum atomic E-state index is -1.20. The molecule has 5 heteroatoms. The van der Waals surface area contributed by atoms with Crippen LogP contribution >= 0.6 is 0 Å². The molecule has 1 unspecified atom stereocenters. The molecule has 4 N–H and O–H groups in total. The lowest BCUT2D eigenvalue weighted by atomic mass is 10.1. The second kappa shape index (κ2) is 4.50. The van der Waals surface area contributed by atoms with Crippen LogP contribution in [-0.2, 0) is 9.59 Å². The van der Waals surface area contributed by atoms with Gasteiger partial charge in [0.15, 0.2) is 0 Å². The summed E-state index contributed by atoms with van der Waals surface area (Å²) in [5, 5.41) is 16.9. The SMILES string of the molecule is C/C=C(\CC(N)C(=O)O)C(=O)O. The Hall–Kier alpha value is -1.36. The summed E-state index contributed by atoms with van der Waals surface area (Å²) >= 11 is 0. The van der Waals surface area contributed by atoms with Crippen LogP contribution in [0.2, 0.25) is 0 Å². The van der Waals surface area contributed by atoms with E-state index in [4.69, 9.17) is 15.9 Å². The Morgan fingerprint density at radius 3 is 2.25 bits per heavy atom. The van der Waals surface area contributed by atoms with Gasteiger partial charge in [-0.25, -0.2) is 4.79 Å². The van der Waals surface area contributed by atoms with Crippen molar-refractivity contribution in [3.8, 4) is 0 Å². The second-order valence-electron chi connectivity index (χ2n) is 2.27. The molecule has 12 heavy (non-hydrogen) atoms. The molecule has 0 saturated heterocycles. The summed E-state index contributed by atoms with van der Waals surface area (Å²) in [4.78, 5) is 20.6. The first-order chi connectivity index (χ1) is 5.49. The van der Waals surface area contributed by atoms with Crippen LogP contribution < -0.4 is 5.73 Å². The van der Waals surface area contributed by atoms with Crippen LogP contribution in [0.15, 0.2) is 11.6 Å². The molecule has 1 atom stereocenters. The zero-order valence-electron chi connectivity index (χ0n) is 6.65. The zero-order valence-corrected chi connectivity index (χ0v) is 6.65. The number of nitrogens with two attached hydrogens (primary N) is 1. The van der Waals surface area contributed by atoms with Gasteiger partial charge in [0.2, 0.25) is 0 Å². The summed E-state index contributed by atoms with van der Waals surface area (Å²) in [6, 6.07) is -1.15. The lowest BCUT2D eigenvalue weighted by Crippen LogP contribution is -2.31. The molecule has 0 radical (unpaired) electrons.